The van der Waals surface area contributed by atoms with Crippen LogP contribution < -0.4 is 4.74 Å². The second kappa shape index (κ2) is 8.62. The molecule has 1 aromatic carbocycles. The van der Waals surface area contributed by atoms with Crippen LogP contribution in [-0.2, 0) is 16.0 Å². The van der Waals surface area contributed by atoms with Gasteiger partial charge in [0.1, 0.15) is 13.0 Å². The van der Waals surface area contributed by atoms with E-state index in [4.69, 9.17) is 9.47 Å². The van der Waals surface area contributed by atoms with E-state index in [2.05, 4.69) is 12.1 Å². The van der Waals surface area contributed by atoms with Crippen molar-refractivity contribution in [1.82, 2.24) is 0 Å². The van der Waals surface area contributed by atoms with Crippen LogP contribution in [0.5, 0.6) is 5.75 Å². The quantitative estimate of drug-likeness (QED) is 0.533. The fourth-order valence-electron chi connectivity index (χ4n) is 2.09. The van der Waals surface area contributed by atoms with Crippen molar-refractivity contribution in [2.75, 3.05) is 13.7 Å². The molecule has 0 spiro atoms. The maximum atomic E-state index is 11.7. The van der Waals surface area contributed by atoms with Crippen LogP contribution in [0.3, 0.4) is 0 Å². The van der Waals surface area contributed by atoms with Gasteiger partial charge in [0.15, 0.2) is 0 Å². The van der Waals surface area contributed by atoms with Gasteiger partial charge < -0.3 is 9.47 Å². The molecular formula is C15H23BO3. The minimum Gasteiger partial charge on any atom is -0.497 e. The first-order valence-corrected chi connectivity index (χ1v) is 7.00. The van der Waals surface area contributed by atoms with E-state index >= 15 is 0 Å². The number of carbonyl (C=O) groups excluding carboxylic acids is 1. The first-order chi connectivity index (χ1) is 9.21. The molecule has 0 bridgehead atoms. The van der Waals surface area contributed by atoms with Crippen molar-refractivity contribution < 1.29 is 14.3 Å². The van der Waals surface area contributed by atoms with Crippen LogP contribution in [0.1, 0.15) is 25.3 Å². The number of esters is 1. The number of rotatable bonds is 8. The highest BCUT2D eigenvalue weighted by Crippen LogP contribution is 2.18. The third-order valence-electron chi connectivity index (χ3n) is 3.29. The van der Waals surface area contributed by atoms with Gasteiger partial charge in [0, 0.05) is 5.82 Å². The van der Waals surface area contributed by atoms with Crippen molar-refractivity contribution in [1.29, 1.82) is 0 Å². The Balaban J connectivity index is 2.36. The minimum absolute atomic E-state index is 0.0400. The van der Waals surface area contributed by atoms with Crippen molar-refractivity contribution in [2.45, 2.75) is 38.8 Å². The van der Waals surface area contributed by atoms with Gasteiger partial charge in [-0.1, -0.05) is 19.0 Å². The Morgan fingerprint density at radius 1 is 1.32 bits per heavy atom. The molecule has 19 heavy (non-hydrogen) atoms. The molecule has 1 atom stereocenters. The number of methoxy groups -OCH3 is 1. The number of hydrogen-bond donors (Lipinski definition) is 0. The molecule has 0 aliphatic rings. The molecule has 0 saturated carbocycles. The maximum absolute atomic E-state index is 11.7. The molecule has 0 aliphatic carbocycles. The van der Waals surface area contributed by atoms with E-state index < -0.39 is 0 Å². The molecule has 1 unspecified atom stereocenters. The first-order valence-electron chi connectivity index (χ1n) is 7.00. The number of hydrogen-bond acceptors (Lipinski definition) is 3. The molecule has 0 amide bonds. The van der Waals surface area contributed by atoms with Crippen LogP contribution in [-0.4, -0.2) is 27.0 Å². The highest BCUT2D eigenvalue weighted by Gasteiger charge is 2.17. The average Bonchev–Trinajstić information content (AvgIpc) is 2.44. The van der Waals surface area contributed by atoms with E-state index in [0.29, 0.717) is 6.61 Å². The zero-order valence-corrected chi connectivity index (χ0v) is 12.1. The second-order valence-corrected chi connectivity index (χ2v) is 4.60. The van der Waals surface area contributed by atoms with Gasteiger partial charge in [-0.15, -0.1) is 0 Å². The highest BCUT2D eigenvalue weighted by molar-refractivity contribution is 6.41. The van der Waals surface area contributed by atoms with Crippen LogP contribution in [0.25, 0.3) is 0 Å². The van der Waals surface area contributed by atoms with E-state index in [-0.39, 0.29) is 11.8 Å². The third kappa shape index (κ3) is 5.37. The predicted molar refractivity (Wildman–Crippen MR) is 79.3 cm³/mol. The Kier molecular flexibility index (Phi) is 7.08. The summed E-state index contributed by atoms with van der Waals surface area (Å²) in [5.41, 5.74) is 1.28. The molecule has 0 heterocycles. The molecule has 1 rings (SSSR count). The maximum Gasteiger partial charge on any atom is 0.301 e. The largest absolute Gasteiger partial charge is 0.497 e. The van der Waals surface area contributed by atoms with Gasteiger partial charge in [-0.05, 0) is 43.9 Å². The highest BCUT2D eigenvalue weighted by atomic mass is 16.5. The van der Waals surface area contributed by atoms with Crippen LogP contribution in [0.4, 0.5) is 0 Å². The summed E-state index contributed by atoms with van der Waals surface area (Å²) >= 11 is 0. The molecule has 0 fully saturated rings. The van der Waals surface area contributed by atoms with Gasteiger partial charge in [-0.25, -0.2) is 0 Å². The molecule has 1 aromatic rings. The Bertz CT molecular complexity index is 375. The molecule has 0 saturated heterocycles. The lowest BCUT2D eigenvalue weighted by molar-refractivity contribution is -0.143. The lowest BCUT2D eigenvalue weighted by Crippen LogP contribution is -2.16. The van der Waals surface area contributed by atoms with Crippen molar-refractivity contribution >= 4 is 13.2 Å². The van der Waals surface area contributed by atoms with Crippen molar-refractivity contribution in [3.05, 3.63) is 29.8 Å². The minimum atomic E-state index is -0.0558. The molecule has 3 nitrogen and oxygen atoms in total. The predicted octanol–water partition coefficient (Wildman–Crippen LogP) is 2.85. The van der Waals surface area contributed by atoms with Gasteiger partial charge in [0.2, 0.25) is 0 Å². The number of benzene rings is 1. The molecule has 0 aromatic heterocycles. The molecule has 104 valence electrons. The number of carbonyl (C=O) groups is 1. The first kappa shape index (κ1) is 15.6. The van der Waals surface area contributed by atoms with E-state index in [1.54, 1.807) is 7.11 Å². The number of aryl methyl sites for hydroxylation is 1. The average molecular weight is 262 g/mol. The van der Waals surface area contributed by atoms with Gasteiger partial charge in [0.25, 0.3) is 0 Å². The fourth-order valence-corrected chi connectivity index (χ4v) is 2.09. The zero-order chi connectivity index (χ0) is 14.1. The van der Waals surface area contributed by atoms with Gasteiger partial charge in [0.05, 0.1) is 13.7 Å². The van der Waals surface area contributed by atoms with Gasteiger partial charge in [-0.3, -0.25) is 4.79 Å². The molecule has 4 heteroatoms. The summed E-state index contributed by atoms with van der Waals surface area (Å²) in [6.45, 7) is 4.35. The molecule has 0 aliphatic heterocycles. The van der Waals surface area contributed by atoms with Gasteiger partial charge >= 0.3 is 5.97 Å². The second-order valence-electron chi connectivity index (χ2n) is 4.60. The lowest BCUT2D eigenvalue weighted by atomic mass is 9.65. The van der Waals surface area contributed by atoms with Crippen molar-refractivity contribution in [2.24, 2.45) is 0 Å². The smallest absolute Gasteiger partial charge is 0.301 e. The van der Waals surface area contributed by atoms with Crippen LogP contribution in [0.2, 0.25) is 12.6 Å². The monoisotopic (exact) mass is 262 g/mol. The summed E-state index contributed by atoms with van der Waals surface area (Å²) in [4.78, 5) is 11.7. The van der Waals surface area contributed by atoms with Crippen molar-refractivity contribution in [3.63, 3.8) is 0 Å². The summed E-state index contributed by atoms with van der Waals surface area (Å²) in [5, 5.41) is 0. The summed E-state index contributed by atoms with van der Waals surface area (Å²) in [5.74, 6) is 0.861. The van der Waals surface area contributed by atoms with Gasteiger partial charge in [-0.2, -0.15) is 0 Å². The summed E-state index contributed by atoms with van der Waals surface area (Å²) in [6.07, 6.45) is 2.88. The van der Waals surface area contributed by atoms with E-state index in [0.717, 1.165) is 32.3 Å². The van der Waals surface area contributed by atoms with E-state index in [1.165, 1.54) is 5.56 Å². The normalized spacial score (nSPS) is 11.7. The van der Waals surface area contributed by atoms with Crippen molar-refractivity contribution in [3.8, 4) is 5.75 Å². The number of ether oxygens (including phenoxy) is 2. The standard InChI is InChI=1S/C15H23BO3/c1-4-19-15(17)14(16-2)7-5-6-12-8-10-13(18-3)11-9-12/h8-11,14,16H,4-7H2,1-3H3. The Labute approximate surface area is 116 Å². The van der Waals surface area contributed by atoms with E-state index in [1.807, 2.05) is 25.9 Å². The Hall–Kier alpha value is -1.45. The zero-order valence-electron chi connectivity index (χ0n) is 12.1. The summed E-state index contributed by atoms with van der Waals surface area (Å²) in [6, 6.07) is 8.09. The summed E-state index contributed by atoms with van der Waals surface area (Å²) in [7, 11) is 2.52. The van der Waals surface area contributed by atoms with Crippen LogP contribution >= 0.6 is 0 Å². The molecule has 0 N–H and O–H groups in total. The van der Waals surface area contributed by atoms with E-state index in [9.17, 15) is 4.79 Å². The SMILES string of the molecule is CBC(CCCc1ccc(OC)cc1)C(=O)OCC. The van der Waals surface area contributed by atoms with Crippen LogP contribution in [0.15, 0.2) is 24.3 Å². The lowest BCUT2D eigenvalue weighted by Gasteiger charge is -2.12. The summed E-state index contributed by atoms with van der Waals surface area (Å²) < 4.78 is 10.2. The molecular weight excluding hydrogens is 239 g/mol. The Morgan fingerprint density at radius 3 is 2.53 bits per heavy atom. The van der Waals surface area contributed by atoms with Crippen LogP contribution in [0, 0.1) is 0 Å². The molecule has 0 radical (unpaired) electrons. The topological polar surface area (TPSA) is 35.5 Å². The Morgan fingerprint density at radius 2 is 2.00 bits per heavy atom. The third-order valence-corrected chi connectivity index (χ3v) is 3.29. The fraction of sp³-hybridized carbons (Fsp3) is 0.533.